The Morgan fingerprint density at radius 2 is 1.80 bits per heavy atom. The van der Waals surface area contributed by atoms with E-state index in [4.69, 9.17) is 0 Å². The molecule has 0 aliphatic carbocycles. The molecule has 3 aromatic rings. The molecule has 0 fully saturated rings. The second kappa shape index (κ2) is 5.28. The summed E-state index contributed by atoms with van der Waals surface area (Å²) in [6.45, 7) is 5.89. The Bertz CT molecular complexity index is 970. The number of pyridine rings is 1. The summed E-state index contributed by atoms with van der Waals surface area (Å²) in [6, 6.07) is 12.1. The summed E-state index contributed by atoms with van der Waals surface area (Å²) >= 11 is 0. The van der Waals surface area contributed by atoms with E-state index in [-0.39, 0.29) is 5.91 Å². The van der Waals surface area contributed by atoms with Crippen LogP contribution in [0.1, 0.15) is 25.1 Å². The molecule has 0 unspecified atom stereocenters. The van der Waals surface area contributed by atoms with Gasteiger partial charge in [-0.2, -0.15) is 5.10 Å². The minimum Gasteiger partial charge on any atom is -0.274 e. The molecule has 126 valence electrons. The zero-order valence-electron chi connectivity index (χ0n) is 14.8. The SMILES string of the molecule is Cc1ccc(-c2ccc3c(c2)N(c2ccn(C)n2)C(=O)C3(C)C)cn1. The lowest BCUT2D eigenvalue weighted by molar-refractivity contribution is -0.121. The van der Waals surface area contributed by atoms with Gasteiger partial charge in [-0.25, -0.2) is 0 Å². The molecular formula is C20H20N4O. The molecule has 0 saturated carbocycles. The van der Waals surface area contributed by atoms with E-state index in [2.05, 4.69) is 28.3 Å². The van der Waals surface area contributed by atoms with Crippen molar-refractivity contribution in [2.24, 2.45) is 7.05 Å². The van der Waals surface area contributed by atoms with Crippen LogP contribution in [0.2, 0.25) is 0 Å². The van der Waals surface area contributed by atoms with Gasteiger partial charge in [0.2, 0.25) is 5.91 Å². The number of rotatable bonds is 2. The number of hydrogen-bond acceptors (Lipinski definition) is 3. The van der Waals surface area contributed by atoms with E-state index in [0.717, 1.165) is 28.1 Å². The van der Waals surface area contributed by atoms with Crippen LogP contribution in [0.25, 0.3) is 11.1 Å². The van der Waals surface area contributed by atoms with Crippen molar-refractivity contribution in [1.29, 1.82) is 0 Å². The monoisotopic (exact) mass is 332 g/mol. The van der Waals surface area contributed by atoms with Crippen molar-refractivity contribution >= 4 is 17.4 Å². The van der Waals surface area contributed by atoms with Crippen molar-refractivity contribution < 1.29 is 4.79 Å². The lowest BCUT2D eigenvalue weighted by Gasteiger charge is -2.18. The first-order chi connectivity index (χ1) is 11.9. The molecule has 1 aromatic carbocycles. The normalized spacial score (nSPS) is 15.5. The average Bonchev–Trinajstić information content (AvgIpc) is 3.08. The van der Waals surface area contributed by atoms with E-state index in [9.17, 15) is 4.79 Å². The van der Waals surface area contributed by atoms with Crippen molar-refractivity contribution in [3.8, 4) is 11.1 Å². The van der Waals surface area contributed by atoms with Gasteiger partial charge in [-0.1, -0.05) is 18.2 Å². The van der Waals surface area contributed by atoms with Crippen LogP contribution >= 0.6 is 0 Å². The molecule has 2 aromatic heterocycles. The second-order valence-electron chi connectivity index (χ2n) is 7.03. The highest BCUT2D eigenvalue weighted by molar-refractivity contribution is 6.12. The van der Waals surface area contributed by atoms with Gasteiger partial charge in [-0.15, -0.1) is 0 Å². The number of benzene rings is 1. The van der Waals surface area contributed by atoms with Crippen LogP contribution in [0.3, 0.4) is 0 Å². The first kappa shape index (κ1) is 15.6. The molecule has 0 saturated heterocycles. The minimum absolute atomic E-state index is 0.0420. The molecule has 0 bridgehead atoms. The number of anilines is 2. The standard InChI is InChI=1S/C20H20N4O/c1-13-5-6-15(12-21-13)14-7-8-16-17(11-14)24(19(25)20(16,2)3)18-9-10-23(4)22-18/h5-12H,1-4H3. The highest BCUT2D eigenvalue weighted by atomic mass is 16.2. The van der Waals surface area contributed by atoms with Gasteiger partial charge in [0.1, 0.15) is 0 Å². The number of nitrogens with zero attached hydrogens (tertiary/aromatic N) is 4. The molecule has 0 N–H and O–H groups in total. The third-order valence-corrected chi connectivity index (χ3v) is 4.82. The van der Waals surface area contributed by atoms with Gasteiger partial charge in [0, 0.05) is 36.8 Å². The van der Waals surface area contributed by atoms with Crippen molar-refractivity contribution in [2.75, 3.05) is 4.90 Å². The third-order valence-electron chi connectivity index (χ3n) is 4.82. The van der Waals surface area contributed by atoms with E-state index in [1.165, 1.54) is 0 Å². The lowest BCUT2D eigenvalue weighted by Crippen LogP contribution is -2.33. The summed E-state index contributed by atoms with van der Waals surface area (Å²) in [5.74, 6) is 0.693. The maximum Gasteiger partial charge on any atom is 0.242 e. The molecule has 5 nitrogen and oxygen atoms in total. The summed E-state index contributed by atoms with van der Waals surface area (Å²) in [6.07, 6.45) is 3.71. The van der Waals surface area contributed by atoms with E-state index in [1.807, 2.05) is 58.4 Å². The first-order valence-corrected chi connectivity index (χ1v) is 8.30. The molecule has 0 spiro atoms. The molecule has 1 aliphatic rings. The van der Waals surface area contributed by atoms with Crippen molar-refractivity contribution in [1.82, 2.24) is 14.8 Å². The molecule has 1 amide bonds. The number of fused-ring (bicyclic) bond motifs is 1. The Balaban J connectivity index is 1.88. The number of aromatic nitrogens is 3. The molecule has 25 heavy (non-hydrogen) atoms. The second-order valence-corrected chi connectivity index (χ2v) is 7.03. The fourth-order valence-electron chi connectivity index (χ4n) is 3.32. The van der Waals surface area contributed by atoms with Gasteiger partial charge >= 0.3 is 0 Å². The van der Waals surface area contributed by atoms with Crippen LogP contribution in [-0.4, -0.2) is 20.7 Å². The topological polar surface area (TPSA) is 51.0 Å². The van der Waals surface area contributed by atoms with Gasteiger partial charge in [-0.3, -0.25) is 19.4 Å². The zero-order valence-corrected chi connectivity index (χ0v) is 14.8. The van der Waals surface area contributed by atoms with Crippen LogP contribution in [0.5, 0.6) is 0 Å². The Hall–Kier alpha value is -2.95. The van der Waals surface area contributed by atoms with E-state index in [1.54, 1.807) is 9.58 Å². The summed E-state index contributed by atoms with van der Waals surface area (Å²) in [5, 5.41) is 4.43. The van der Waals surface area contributed by atoms with Crippen LogP contribution < -0.4 is 4.90 Å². The highest BCUT2D eigenvalue weighted by Gasteiger charge is 2.45. The lowest BCUT2D eigenvalue weighted by atomic mass is 9.85. The Labute approximate surface area is 146 Å². The van der Waals surface area contributed by atoms with Crippen molar-refractivity contribution in [2.45, 2.75) is 26.2 Å². The first-order valence-electron chi connectivity index (χ1n) is 8.30. The number of aryl methyl sites for hydroxylation is 2. The van der Waals surface area contributed by atoms with E-state index >= 15 is 0 Å². The van der Waals surface area contributed by atoms with Crippen LogP contribution in [0, 0.1) is 6.92 Å². The zero-order chi connectivity index (χ0) is 17.8. The van der Waals surface area contributed by atoms with Crippen molar-refractivity contribution in [3.05, 3.63) is 60.0 Å². The summed E-state index contributed by atoms with van der Waals surface area (Å²) < 4.78 is 1.71. The van der Waals surface area contributed by atoms with Crippen molar-refractivity contribution in [3.63, 3.8) is 0 Å². The third kappa shape index (κ3) is 2.35. The Morgan fingerprint density at radius 3 is 2.44 bits per heavy atom. The molecule has 1 aliphatic heterocycles. The number of amides is 1. The number of carbonyl (C=O) groups is 1. The van der Waals surface area contributed by atoms with Gasteiger partial charge < -0.3 is 0 Å². The van der Waals surface area contributed by atoms with Crippen LogP contribution in [-0.2, 0) is 17.3 Å². The average molecular weight is 332 g/mol. The maximum atomic E-state index is 13.1. The van der Waals surface area contributed by atoms with Crippen LogP contribution in [0.15, 0.2) is 48.8 Å². The highest BCUT2D eigenvalue weighted by Crippen LogP contribution is 2.46. The smallest absolute Gasteiger partial charge is 0.242 e. The summed E-state index contributed by atoms with van der Waals surface area (Å²) in [4.78, 5) is 19.2. The molecule has 0 atom stereocenters. The molecule has 0 radical (unpaired) electrons. The van der Waals surface area contributed by atoms with E-state index in [0.29, 0.717) is 5.82 Å². The molecule has 4 rings (SSSR count). The Morgan fingerprint density at radius 1 is 1.04 bits per heavy atom. The van der Waals surface area contributed by atoms with Gasteiger partial charge in [0.05, 0.1) is 11.1 Å². The quantitative estimate of drug-likeness (QED) is 0.718. The van der Waals surface area contributed by atoms with Gasteiger partial charge in [0.15, 0.2) is 5.82 Å². The predicted octanol–water partition coefficient (Wildman–Crippen LogP) is 3.75. The summed E-state index contributed by atoms with van der Waals surface area (Å²) in [5.41, 5.74) is 4.40. The van der Waals surface area contributed by atoms with Crippen LogP contribution in [0.4, 0.5) is 11.5 Å². The fourth-order valence-corrected chi connectivity index (χ4v) is 3.32. The van der Waals surface area contributed by atoms with Gasteiger partial charge in [-0.05, 0) is 44.0 Å². The number of hydrogen-bond donors (Lipinski definition) is 0. The van der Waals surface area contributed by atoms with Gasteiger partial charge in [0.25, 0.3) is 0 Å². The minimum atomic E-state index is -0.573. The Kier molecular flexibility index (Phi) is 3.29. The molecular weight excluding hydrogens is 312 g/mol. The molecule has 3 heterocycles. The summed E-state index contributed by atoms with van der Waals surface area (Å²) in [7, 11) is 1.85. The number of carbonyl (C=O) groups excluding carboxylic acids is 1. The fraction of sp³-hybridized carbons (Fsp3) is 0.250. The molecule has 5 heteroatoms. The predicted molar refractivity (Wildman–Crippen MR) is 97.8 cm³/mol. The van der Waals surface area contributed by atoms with E-state index < -0.39 is 5.41 Å². The largest absolute Gasteiger partial charge is 0.274 e. The maximum absolute atomic E-state index is 13.1.